The molecule has 0 fully saturated rings. The van der Waals surface area contributed by atoms with Crippen LogP contribution in [0.4, 0.5) is 0 Å². The maximum atomic E-state index is 8.76. The zero-order valence-electron chi connectivity index (χ0n) is 39.1. The van der Waals surface area contributed by atoms with Gasteiger partial charge >= 0.3 is 135 Å². The summed E-state index contributed by atoms with van der Waals surface area (Å²) in [6.07, 6.45) is 2.69. The Morgan fingerprint density at radius 2 is 1.47 bits per heavy atom. The summed E-state index contributed by atoms with van der Waals surface area (Å²) in [6.45, 7) is 14.3. The molecule has 0 amide bonds. The van der Waals surface area contributed by atoms with Crippen molar-refractivity contribution < 1.29 is 31.4 Å². The second kappa shape index (κ2) is 17.1. The Balaban J connectivity index is 0.000000247. The van der Waals surface area contributed by atoms with Crippen LogP contribution in [-0.4, -0.2) is 23.2 Å². The van der Waals surface area contributed by atoms with E-state index < -0.39 is 31.9 Å². The molecule has 0 aliphatic carbocycles. The average Bonchev–Trinajstić information content (AvgIpc) is 3.50. The fraction of sp³-hybridized carbons (Fsp3) is 0.320. The Labute approximate surface area is 353 Å². The van der Waals surface area contributed by atoms with E-state index in [1.54, 1.807) is 0 Å². The molecule has 7 rings (SSSR count). The predicted octanol–water partition coefficient (Wildman–Crippen LogP) is 13.2. The number of pyridine rings is 2. The molecule has 1 radical (unpaired) electrons. The average molecular weight is 971 g/mol. The molecule has 0 bridgehead atoms. The van der Waals surface area contributed by atoms with Gasteiger partial charge in [-0.3, -0.25) is 0 Å². The van der Waals surface area contributed by atoms with Gasteiger partial charge in [0.15, 0.2) is 0 Å². The van der Waals surface area contributed by atoms with Crippen molar-refractivity contribution in [2.45, 2.75) is 92.3 Å². The number of aryl methyl sites for hydroxylation is 4. The predicted molar refractivity (Wildman–Crippen MR) is 233 cm³/mol. The Kier molecular flexibility index (Phi) is 11.1. The number of nitrogens with zero attached hydrogens (tertiary/aromatic N) is 2. The number of benzene rings is 4. The molecule has 0 aliphatic heterocycles. The Morgan fingerprint density at radius 3 is 2.11 bits per heavy atom. The molecule has 5 heteroatoms. The summed E-state index contributed by atoms with van der Waals surface area (Å²) < 4.78 is 48.6. The zero-order chi connectivity index (χ0) is 43.2. The standard InChI is InChI=1S/C31H30NO.C19H26GeN.Ir/c1-18(2)11-25-15-28(32-17-22(25)6)23-8-10-29-27(14-23)26-9-7-24(16-30(26)33-29)31-20(4)12-19(3)13-21(31)5;1-19(2,3)13-16-12-18(15-10-8-7-9-11-15)21-14-17(16)20(4,5)6;/h7,9-10,12-18H,11H2,1-6H3;7-10,12,14H,13H2,1-6H3;/q2*-1;/i6D3;13D2;. The van der Waals surface area contributed by atoms with Crippen LogP contribution in [0.1, 0.15) is 74.9 Å². The zero-order valence-corrected chi connectivity index (χ0v) is 38.6. The minimum atomic E-state index is -2.24. The molecule has 4 aromatic carbocycles. The van der Waals surface area contributed by atoms with Gasteiger partial charge in [0, 0.05) is 35.8 Å². The number of aromatic nitrogens is 2. The van der Waals surface area contributed by atoms with Crippen LogP contribution in [0.3, 0.4) is 0 Å². The molecule has 55 heavy (non-hydrogen) atoms. The van der Waals surface area contributed by atoms with E-state index in [4.69, 9.17) is 11.3 Å². The summed E-state index contributed by atoms with van der Waals surface area (Å²) >= 11 is -2.24. The summed E-state index contributed by atoms with van der Waals surface area (Å²) in [4.78, 5) is 9.13. The van der Waals surface area contributed by atoms with E-state index in [-0.39, 0.29) is 20.1 Å². The molecule has 0 aliphatic rings. The molecule has 0 spiro atoms. The van der Waals surface area contributed by atoms with Crippen LogP contribution in [0.15, 0.2) is 95.7 Å². The Bertz CT molecular complexity index is 2610. The van der Waals surface area contributed by atoms with Crippen molar-refractivity contribution in [1.29, 1.82) is 0 Å². The molecular weight excluding hydrogens is 909 g/mol. The maximum Gasteiger partial charge on any atom is 0 e. The van der Waals surface area contributed by atoms with Crippen LogP contribution < -0.4 is 4.40 Å². The van der Waals surface area contributed by atoms with Crippen molar-refractivity contribution >= 4 is 39.6 Å². The first-order chi connectivity index (χ1) is 27.5. The summed E-state index contributed by atoms with van der Waals surface area (Å²) in [6, 6.07) is 32.8. The molecule has 0 saturated carbocycles. The molecular formula is C50H56GeIrN2O-2. The second-order valence-electron chi connectivity index (χ2n) is 17.1. The van der Waals surface area contributed by atoms with Crippen LogP contribution in [0.5, 0.6) is 0 Å². The van der Waals surface area contributed by atoms with Gasteiger partial charge in [0.25, 0.3) is 0 Å². The smallest absolute Gasteiger partial charge is 0 e. The summed E-state index contributed by atoms with van der Waals surface area (Å²) in [5, 5.41) is 2.03. The first-order valence-corrected chi connectivity index (χ1v) is 26.2. The van der Waals surface area contributed by atoms with Crippen molar-refractivity contribution in [3.05, 3.63) is 137 Å². The normalized spacial score (nSPS) is 13.6. The van der Waals surface area contributed by atoms with Gasteiger partial charge in [-0.2, -0.15) is 0 Å². The number of furan rings is 1. The van der Waals surface area contributed by atoms with Crippen molar-refractivity contribution in [3.63, 3.8) is 0 Å². The fourth-order valence-electron chi connectivity index (χ4n) is 7.17. The largest absolute Gasteiger partial charge is 0 e. The maximum absolute atomic E-state index is 8.76. The molecule has 3 heterocycles. The topological polar surface area (TPSA) is 38.9 Å². The second-order valence-corrected chi connectivity index (χ2v) is 27.6. The van der Waals surface area contributed by atoms with E-state index in [0.717, 1.165) is 65.5 Å². The molecule has 3 aromatic heterocycles. The number of hydrogen-bond acceptors (Lipinski definition) is 3. The molecule has 0 unspecified atom stereocenters. The van der Waals surface area contributed by atoms with Crippen molar-refractivity contribution in [3.8, 4) is 33.6 Å². The SMILES string of the molecule is [2H]C([2H])([2H])c1cnc(-c2[c-]cc3oc4cc(-c5c(C)cc(C)cc5C)ccc4c3c2)cc1CC(C)C.[2H]C([2H])(c1cc(-c2[c-]cccc2)nc[c]1[Ge]([CH3])([CH3])[CH3])C(C)(C)C.[Ir]. The van der Waals surface area contributed by atoms with Gasteiger partial charge in [-0.25, -0.2) is 0 Å². The third kappa shape index (κ3) is 10.1. The monoisotopic (exact) mass is 972 g/mol. The van der Waals surface area contributed by atoms with Gasteiger partial charge in [-0.15, -0.1) is 23.8 Å². The van der Waals surface area contributed by atoms with Gasteiger partial charge in [-0.05, 0) is 79.5 Å². The first-order valence-electron chi connectivity index (χ1n) is 21.4. The Hall–Kier alpha value is -3.83. The van der Waals surface area contributed by atoms with Gasteiger partial charge in [-0.1, -0.05) is 60.7 Å². The quantitative estimate of drug-likeness (QED) is 0.118. The van der Waals surface area contributed by atoms with Crippen molar-refractivity contribution in [1.82, 2.24) is 9.97 Å². The van der Waals surface area contributed by atoms with Gasteiger partial charge in [0.1, 0.15) is 5.58 Å². The van der Waals surface area contributed by atoms with Crippen LogP contribution in [-0.2, 0) is 32.9 Å². The summed E-state index contributed by atoms with van der Waals surface area (Å²) in [5.41, 5.74) is 12.5. The molecule has 0 saturated heterocycles. The van der Waals surface area contributed by atoms with Crippen molar-refractivity contribution in [2.24, 2.45) is 11.3 Å². The minimum absolute atomic E-state index is 0. The van der Waals surface area contributed by atoms with E-state index in [1.807, 2.05) is 75.5 Å². The Morgan fingerprint density at radius 1 is 0.782 bits per heavy atom. The molecule has 7 aromatic rings. The van der Waals surface area contributed by atoms with Gasteiger partial charge in [0.2, 0.25) is 0 Å². The van der Waals surface area contributed by atoms with E-state index in [1.165, 1.54) is 28.5 Å². The number of hydrogen-bond donors (Lipinski definition) is 0. The summed E-state index contributed by atoms with van der Waals surface area (Å²) in [7, 11) is 0. The first kappa shape index (κ1) is 35.6. The van der Waals surface area contributed by atoms with E-state index >= 15 is 0 Å². The van der Waals surface area contributed by atoms with Crippen LogP contribution in [0.25, 0.3) is 55.6 Å². The third-order valence-corrected chi connectivity index (χ3v) is 13.7. The van der Waals surface area contributed by atoms with Gasteiger partial charge < -0.3 is 9.40 Å². The van der Waals surface area contributed by atoms with Crippen molar-refractivity contribution in [2.75, 3.05) is 0 Å². The van der Waals surface area contributed by atoms with E-state index in [9.17, 15) is 0 Å². The minimum Gasteiger partial charge on any atom is 0 e. The van der Waals surface area contributed by atoms with Crippen LogP contribution >= 0.6 is 0 Å². The van der Waals surface area contributed by atoms with Crippen LogP contribution in [0.2, 0.25) is 17.3 Å². The molecule has 3 nitrogen and oxygen atoms in total. The fourth-order valence-corrected chi connectivity index (χ4v) is 10.1. The molecule has 287 valence electrons. The number of fused-ring (bicyclic) bond motifs is 3. The number of rotatable bonds is 7. The third-order valence-electron chi connectivity index (χ3n) is 9.47. The molecule has 0 N–H and O–H groups in total. The van der Waals surface area contributed by atoms with Crippen LogP contribution in [0, 0.1) is 51.1 Å². The van der Waals surface area contributed by atoms with E-state index in [0.29, 0.717) is 17.9 Å². The van der Waals surface area contributed by atoms with Gasteiger partial charge in [0.05, 0.1) is 5.58 Å². The summed E-state index contributed by atoms with van der Waals surface area (Å²) in [5.74, 6) is 7.19. The van der Waals surface area contributed by atoms with E-state index in [2.05, 4.69) is 104 Å². The molecule has 0 atom stereocenters.